The monoisotopic (exact) mass is 473 g/mol. The van der Waals surface area contributed by atoms with Crippen LogP contribution in [0.1, 0.15) is 32.4 Å². The zero-order valence-electron chi connectivity index (χ0n) is 19.9. The lowest BCUT2D eigenvalue weighted by atomic mass is 10.4. The molecule has 2 N–H and O–H groups in total. The molecule has 12 nitrogen and oxygen atoms in total. The molecule has 0 spiro atoms. The average molecular weight is 474 g/mol. The Hall–Kier alpha value is -2.12. The molecule has 33 heavy (non-hydrogen) atoms. The first-order valence-corrected chi connectivity index (χ1v) is 11.5. The normalized spacial score (nSPS) is 11.0. The van der Waals surface area contributed by atoms with Crippen molar-refractivity contribution in [3.8, 4) is 0 Å². The summed E-state index contributed by atoms with van der Waals surface area (Å²) in [5.74, 6) is 0.0441. The molecule has 0 aliphatic heterocycles. The first-order chi connectivity index (χ1) is 16.2. The summed E-state index contributed by atoms with van der Waals surface area (Å²) >= 11 is 0. The molecule has 0 atom stereocenters. The predicted octanol–water partition coefficient (Wildman–Crippen LogP) is -0.0865. The number of nitrogens with zero attached hydrogens (tertiary/aromatic N) is 3. The van der Waals surface area contributed by atoms with E-state index >= 15 is 0 Å². The summed E-state index contributed by atoms with van der Waals surface area (Å²) in [7, 11) is 0. The third-order valence-corrected chi connectivity index (χ3v) is 4.20. The fourth-order valence-corrected chi connectivity index (χ4v) is 2.39. The number of carbonyl (C=O) groups excluding carboxylic acids is 2. The van der Waals surface area contributed by atoms with Gasteiger partial charge >= 0.3 is 0 Å². The summed E-state index contributed by atoms with van der Waals surface area (Å²) in [6.45, 7) is 9.86. The lowest BCUT2D eigenvalue weighted by Gasteiger charge is -2.07. The van der Waals surface area contributed by atoms with Gasteiger partial charge in [-0.2, -0.15) is 0 Å². The van der Waals surface area contributed by atoms with Crippen molar-refractivity contribution in [3.05, 3.63) is 11.9 Å². The van der Waals surface area contributed by atoms with Gasteiger partial charge in [0.05, 0.1) is 78.8 Å². The summed E-state index contributed by atoms with van der Waals surface area (Å²) in [5.41, 5.74) is 0.741. The van der Waals surface area contributed by atoms with Crippen LogP contribution in [-0.2, 0) is 46.4 Å². The Bertz CT molecular complexity index is 630. The van der Waals surface area contributed by atoms with Crippen LogP contribution >= 0.6 is 0 Å². The highest BCUT2D eigenvalue weighted by molar-refractivity contribution is 5.75. The second-order valence-electron chi connectivity index (χ2n) is 6.88. The van der Waals surface area contributed by atoms with Gasteiger partial charge in [-0.3, -0.25) is 9.59 Å². The minimum absolute atomic E-state index is 0.0218. The van der Waals surface area contributed by atoms with Gasteiger partial charge in [-0.25, -0.2) is 4.68 Å². The lowest BCUT2D eigenvalue weighted by molar-refractivity contribution is -0.121. The Morgan fingerprint density at radius 2 is 1.24 bits per heavy atom. The van der Waals surface area contributed by atoms with E-state index in [2.05, 4.69) is 20.9 Å². The summed E-state index contributed by atoms with van der Waals surface area (Å²) in [6.07, 6.45) is 2.78. The second-order valence-corrected chi connectivity index (χ2v) is 6.88. The van der Waals surface area contributed by atoms with E-state index < -0.39 is 0 Å². The van der Waals surface area contributed by atoms with Crippen molar-refractivity contribution in [3.63, 3.8) is 0 Å². The number of rotatable bonds is 22. The van der Waals surface area contributed by atoms with E-state index in [1.807, 2.05) is 20.0 Å². The van der Waals surface area contributed by atoms with E-state index in [0.29, 0.717) is 98.5 Å². The molecule has 1 aromatic heterocycles. The molecule has 0 unspecified atom stereocenters. The Morgan fingerprint density at radius 3 is 1.79 bits per heavy atom. The fraction of sp³-hybridized carbons (Fsp3) is 0.810. The molecule has 1 heterocycles. The van der Waals surface area contributed by atoms with Crippen LogP contribution in [0.15, 0.2) is 6.20 Å². The first-order valence-electron chi connectivity index (χ1n) is 11.5. The maximum absolute atomic E-state index is 11.1. The number of ether oxygens (including phenoxy) is 5. The molecule has 0 fully saturated rings. The number of aromatic nitrogens is 3. The zero-order valence-corrected chi connectivity index (χ0v) is 19.9. The molecule has 0 aliphatic rings. The van der Waals surface area contributed by atoms with E-state index in [0.717, 1.165) is 5.69 Å². The molecule has 0 saturated heterocycles. The maximum Gasteiger partial charge on any atom is 0.219 e. The van der Waals surface area contributed by atoms with Gasteiger partial charge in [0, 0.05) is 25.9 Å². The molecule has 0 saturated carbocycles. The third-order valence-electron chi connectivity index (χ3n) is 4.20. The van der Waals surface area contributed by atoms with Crippen molar-refractivity contribution >= 4 is 11.8 Å². The minimum atomic E-state index is 0.0218. The van der Waals surface area contributed by atoms with Crippen molar-refractivity contribution in [2.75, 3.05) is 72.6 Å². The van der Waals surface area contributed by atoms with Gasteiger partial charge in [-0.15, -0.1) is 5.10 Å². The Balaban J connectivity index is 1.88. The largest absolute Gasteiger partial charge is 0.377 e. The fourth-order valence-electron chi connectivity index (χ4n) is 2.39. The molecule has 1 aromatic rings. The molecule has 12 heteroatoms. The molecule has 0 aliphatic carbocycles. The van der Waals surface area contributed by atoms with Crippen molar-refractivity contribution in [2.45, 2.75) is 39.8 Å². The van der Waals surface area contributed by atoms with Crippen molar-refractivity contribution in [1.29, 1.82) is 0 Å². The number of hydrogen-bond acceptors (Lipinski definition) is 9. The highest BCUT2D eigenvalue weighted by Crippen LogP contribution is 1.96. The van der Waals surface area contributed by atoms with Crippen LogP contribution in [0.3, 0.4) is 0 Å². The highest BCUT2D eigenvalue weighted by Gasteiger charge is 2.02. The number of carbonyl (C=O) groups is 2. The van der Waals surface area contributed by atoms with Crippen LogP contribution in [0.2, 0.25) is 0 Å². The molecule has 0 bridgehead atoms. The Kier molecular flexibility index (Phi) is 17.9. The van der Waals surface area contributed by atoms with E-state index in [1.165, 1.54) is 0 Å². The molecule has 0 radical (unpaired) electrons. The maximum atomic E-state index is 11.1. The Labute approximate surface area is 195 Å². The second kappa shape index (κ2) is 20.5. The van der Waals surface area contributed by atoms with Crippen molar-refractivity contribution < 1.29 is 33.3 Å². The van der Waals surface area contributed by atoms with Crippen LogP contribution in [0.25, 0.3) is 0 Å². The predicted molar refractivity (Wildman–Crippen MR) is 120 cm³/mol. The zero-order chi connectivity index (χ0) is 24.0. The SMILES string of the molecule is CCC(=O)NCCOCCOCCOCc1cn(CCOCCOCCNC(=O)CC)nn1. The molecule has 1 rings (SSSR count). The molecule has 0 aromatic carbocycles. The van der Waals surface area contributed by atoms with E-state index in [-0.39, 0.29) is 11.8 Å². The first kappa shape index (κ1) is 28.9. The molecule has 190 valence electrons. The number of nitrogens with one attached hydrogen (secondary N) is 2. The van der Waals surface area contributed by atoms with Crippen LogP contribution in [0.5, 0.6) is 0 Å². The molecular formula is C21H39N5O7. The van der Waals surface area contributed by atoms with Gasteiger partial charge in [0.25, 0.3) is 0 Å². The quantitative estimate of drug-likeness (QED) is 0.222. The Morgan fingerprint density at radius 1 is 0.758 bits per heavy atom. The molecular weight excluding hydrogens is 434 g/mol. The van der Waals surface area contributed by atoms with Crippen LogP contribution in [0.4, 0.5) is 0 Å². The van der Waals surface area contributed by atoms with Gasteiger partial charge in [0.1, 0.15) is 5.69 Å². The van der Waals surface area contributed by atoms with Gasteiger partial charge in [0.2, 0.25) is 11.8 Å². The van der Waals surface area contributed by atoms with Gasteiger partial charge in [0.15, 0.2) is 0 Å². The number of amides is 2. The van der Waals surface area contributed by atoms with Crippen LogP contribution < -0.4 is 10.6 Å². The number of hydrogen-bond donors (Lipinski definition) is 2. The van der Waals surface area contributed by atoms with Gasteiger partial charge in [-0.1, -0.05) is 19.1 Å². The average Bonchev–Trinajstić information content (AvgIpc) is 3.28. The summed E-state index contributed by atoms with van der Waals surface area (Å²) in [5, 5.41) is 13.6. The summed E-state index contributed by atoms with van der Waals surface area (Å²) < 4.78 is 28.9. The molecule has 2 amide bonds. The van der Waals surface area contributed by atoms with Gasteiger partial charge in [-0.05, 0) is 0 Å². The highest BCUT2D eigenvalue weighted by atomic mass is 16.5. The lowest BCUT2D eigenvalue weighted by Crippen LogP contribution is -2.26. The van der Waals surface area contributed by atoms with Crippen LogP contribution in [-0.4, -0.2) is 99.4 Å². The van der Waals surface area contributed by atoms with E-state index in [1.54, 1.807) is 4.68 Å². The van der Waals surface area contributed by atoms with E-state index in [9.17, 15) is 9.59 Å². The standard InChI is InChI=1S/C21H39N5O7/c1-3-20(27)22-5-8-29-11-13-31-10-7-26-17-19(24-25-26)18-33-16-15-32-14-12-30-9-6-23-21(28)4-2/h17H,3-16,18H2,1-2H3,(H,22,27)(H,23,28). The minimum Gasteiger partial charge on any atom is -0.377 e. The topological polar surface area (TPSA) is 135 Å². The van der Waals surface area contributed by atoms with Crippen molar-refractivity contribution in [2.24, 2.45) is 0 Å². The van der Waals surface area contributed by atoms with E-state index in [4.69, 9.17) is 23.7 Å². The van der Waals surface area contributed by atoms with Crippen LogP contribution in [0, 0.1) is 0 Å². The summed E-state index contributed by atoms with van der Waals surface area (Å²) in [6, 6.07) is 0. The van der Waals surface area contributed by atoms with Gasteiger partial charge < -0.3 is 34.3 Å². The third kappa shape index (κ3) is 17.1. The smallest absolute Gasteiger partial charge is 0.219 e. The summed E-state index contributed by atoms with van der Waals surface area (Å²) in [4.78, 5) is 22.1. The van der Waals surface area contributed by atoms with Crippen molar-refractivity contribution in [1.82, 2.24) is 25.6 Å².